The van der Waals surface area contributed by atoms with E-state index in [2.05, 4.69) is 5.32 Å². The van der Waals surface area contributed by atoms with Gasteiger partial charge in [0.25, 0.3) is 11.5 Å². The Kier molecular flexibility index (Phi) is 6.18. The minimum Gasteiger partial charge on any atom is -0.350 e. The van der Waals surface area contributed by atoms with Gasteiger partial charge >= 0.3 is 5.69 Å². The Morgan fingerprint density at radius 1 is 1.10 bits per heavy atom. The number of aryl methyl sites for hydroxylation is 2. The van der Waals surface area contributed by atoms with Crippen LogP contribution < -0.4 is 21.7 Å². The number of hydrogen-bond acceptors (Lipinski definition) is 5. The molecule has 0 spiro atoms. The highest BCUT2D eigenvalue weighted by Crippen LogP contribution is 2.16. The summed E-state index contributed by atoms with van der Waals surface area (Å²) in [5.41, 5.74) is 0.649. The predicted octanol–water partition coefficient (Wildman–Crippen LogP) is 0.0686. The highest BCUT2D eigenvalue weighted by Gasteiger charge is 2.20. The summed E-state index contributed by atoms with van der Waals surface area (Å²) in [5.74, 6) is -0.361. The van der Waals surface area contributed by atoms with E-state index in [1.54, 1.807) is 23.7 Å². The van der Waals surface area contributed by atoms with E-state index in [0.717, 1.165) is 10.1 Å². The Bertz CT molecular complexity index is 1360. The molecule has 3 aromatic rings. The molecular formula is C20H25N5O5S. The minimum atomic E-state index is -3.75. The number of nitrogens with zero attached hydrogens (tertiary/aromatic N) is 3. The summed E-state index contributed by atoms with van der Waals surface area (Å²) < 4.78 is 26.7. The second-order valence-electron chi connectivity index (χ2n) is 7.32. The molecule has 0 saturated carbocycles. The van der Waals surface area contributed by atoms with Crippen LogP contribution in [0.25, 0.3) is 11.0 Å². The maximum absolute atomic E-state index is 12.9. The first kappa shape index (κ1) is 22.5. The third-order valence-corrected chi connectivity index (χ3v) is 6.06. The van der Waals surface area contributed by atoms with Gasteiger partial charge in [-0.3, -0.25) is 18.7 Å². The lowest BCUT2D eigenvalue weighted by molar-refractivity contribution is 0.0945. The molecule has 2 aromatic heterocycles. The fraction of sp³-hybridized carbons (Fsp3) is 0.350. The second kappa shape index (κ2) is 8.52. The maximum Gasteiger partial charge on any atom is 0.332 e. The summed E-state index contributed by atoms with van der Waals surface area (Å²) in [6, 6.07) is 7.63. The van der Waals surface area contributed by atoms with E-state index in [9.17, 15) is 22.8 Å². The lowest BCUT2D eigenvalue weighted by atomic mass is 10.1. The molecule has 166 valence electrons. The molecule has 1 amide bonds. The van der Waals surface area contributed by atoms with E-state index in [1.165, 1.54) is 29.8 Å². The number of amides is 1. The summed E-state index contributed by atoms with van der Waals surface area (Å²) in [5, 5.41) is 8.22. The van der Waals surface area contributed by atoms with Crippen molar-refractivity contribution in [2.24, 2.45) is 19.2 Å². The molecule has 0 aliphatic rings. The number of nitrogens with one attached hydrogen (secondary N) is 1. The highest BCUT2D eigenvalue weighted by molar-refractivity contribution is 7.89. The smallest absolute Gasteiger partial charge is 0.332 e. The van der Waals surface area contributed by atoms with E-state index >= 15 is 0 Å². The lowest BCUT2D eigenvalue weighted by Gasteiger charge is -2.12. The molecule has 0 fully saturated rings. The number of nitrogens with two attached hydrogens (primary N) is 1. The van der Waals surface area contributed by atoms with Crippen LogP contribution in [0, 0.1) is 0 Å². The number of carbonyl (C=O) groups is 1. The molecule has 0 radical (unpaired) electrons. The van der Waals surface area contributed by atoms with Gasteiger partial charge in [0.15, 0.2) is 0 Å². The van der Waals surface area contributed by atoms with Crippen molar-refractivity contribution in [2.45, 2.75) is 31.2 Å². The standard InChI is InChI=1S/C20H25N5O5S/c1-4-11-25-16(12-15-18(25)23(2)20(28)24(3)19(15)27)17(26)22-10-9-13-5-7-14(8-6-13)31(21,29)30/h5-8,12H,4,9-11H2,1-3H3,(H,22,26)(H2,21,29,30). The van der Waals surface area contributed by atoms with Crippen molar-refractivity contribution in [3.8, 4) is 0 Å². The van der Waals surface area contributed by atoms with Gasteiger partial charge in [-0.2, -0.15) is 0 Å². The van der Waals surface area contributed by atoms with Crippen molar-refractivity contribution < 1.29 is 13.2 Å². The van der Waals surface area contributed by atoms with Gasteiger partial charge < -0.3 is 9.88 Å². The van der Waals surface area contributed by atoms with Crippen molar-refractivity contribution >= 4 is 27.0 Å². The molecule has 0 atom stereocenters. The molecule has 1 aromatic carbocycles. The van der Waals surface area contributed by atoms with Crippen molar-refractivity contribution in [1.29, 1.82) is 0 Å². The molecule has 0 aliphatic carbocycles. The fourth-order valence-electron chi connectivity index (χ4n) is 3.54. The van der Waals surface area contributed by atoms with Crippen LogP contribution in [0.2, 0.25) is 0 Å². The molecule has 0 aliphatic heterocycles. The molecule has 0 bridgehead atoms. The van der Waals surface area contributed by atoms with Crippen LogP contribution in [-0.2, 0) is 37.1 Å². The molecule has 3 rings (SSSR count). The summed E-state index contributed by atoms with van der Waals surface area (Å²) in [6.45, 7) is 2.72. The normalized spacial score (nSPS) is 11.7. The van der Waals surface area contributed by atoms with Gasteiger partial charge in [-0.15, -0.1) is 0 Å². The van der Waals surface area contributed by atoms with Gasteiger partial charge in [0.1, 0.15) is 11.3 Å². The number of sulfonamides is 1. The topological polar surface area (TPSA) is 138 Å². The van der Waals surface area contributed by atoms with Gasteiger partial charge in [-0.1, -0.05) is 19.1 Å². The Morgan fingerprint density at radius 2 is 1.74 bits per heavy atom. The molecule has 10 nitrogen and oxygen atoms in total. The number of primary sulfonamides is 1. The first-order chi connectivity index (χ1) is 14.6. The fourth-order valence-corrected chi connectivity index (χ4v) is 4.05. The molecule has 2 heterocycles. The van der Waals surface area contributed by atoms with Crippen LogP contribution >= 0.6 is 0 Å². The van der Waals surface area contributed by atoms with E-state index in [-0.39, 0.29) is 10.8 Å². The van der Waals surface area contributed by atoms with E-state index in [1.807, 2.05) is 6.92 Å². The molecular weight excluding hydrogens is 422 g/mol. The lowest BCUT2D eigenvalue weighted by Crippen LogP contribution is -2.37. The van der Waals surface area contributed by atoms with Gasteiger partial charge in [0.05, 0.1) is 10.3 Å². The highest BCUT2D eigenvalue weighted by atomic mass is 32.2. The van der Waals surface area contributed by atoms with E-state index in [0.29, 0.717) is 42.7 Å². The number of aromatic nitrogens is 3. The van der Waals surface area contributed by atoms with Crippen LogP contribution in [0.1, 0.15) is 29.4 Å². The predicted molar refractivity (Wildman–Crippen MR) is 117 cm³/mol. The van der Waals surface area contributed by atoms with Crippen molar-refractivity contribution in [1.82, 2.24) is 19.0 Å². The molecule has 3 N–H and O–H groups in total. The van der Waals surface area contributed by atoms with Crippen LogP contribution in [0.3, 0.4) is 0 Å². The van der Waals surface area contributed by atoms with Crippen LogP contribution in [0.15, 0.2) is 44.8 Å². The van der Waals surface area contributed by atoms with Crippen LogP contribution in [0.5, 0.6) is 0 Å². The number of fused-ring (bicyclic) bond motifs is 1. The van der Waals surface area contributed by atoms with E-state index in [4.69, 9.17) is 5.14 Å². The van der Waals surface area contributed by atoms with Crippen molar-refractivity contribution in [3.63, 3.8) is 0 Å². The van der Waals surface area contributed by atoms with Gasteiger partial charge in [0, 0.05) is 27.2 Å². The zero-order valence-corrected chi connectivity index (χ0v) is 18.4. The third kappa shape index (κ3) is 4.32. The van der Waals surface area contributed by atoms with Gasteiger partial charge in [-0.25, -0.2) is 18.4 Å². The van der Waals surface area contributed by atoms with Crippen molar-refractivity contribution in [2.75, 3.05) is 6.54 Å². The molecule has 31 heavy (non-hydrogen) atoms. The van der Waals surface area contributed by atoms with Gasteiger partial charge in [0.2, 0.25) is 10.0 Å². The molecule has 0 saturated heterocycles. The first-order valence-electron chi connectivity index (χ1n) is 9.75. The van der Waals surface area contributed by atoms with Gasteiger partial charge in [-0.05, 0) is 36.6 Å². The second-order valence-corrected chi connectivity index (χ2v) is 8.88. The zero-order chi connectivity index (χ0) is 22.9. The number of hydrogen-bond donors (Lipinski definition) is 2. The van der Waals surface area contributed by atoms with Crippen LogP contribution in [-0.4, -0.2) is 34.6 Å². The summed E-state index contributed by atoms with van der Waals surface area (Å²) in [6.07, 6.45) is 1.19. The summed E-state index contributed by atoms with van der Waals surface area (Å²) in [7, 11) is -0.772. The Hall–Kier alpha value is -3.18. The first-order valence-corrected chi connectivity index (χ1v) is 11.3. The Morgan fingerprint density at radius 3 is 2.32 bits per heavy atom. The quantitative estimate of drug-likeness (QED) is 0.528. The average molecular weight is 448 g/mol. The average Bonchev–Trinajstić information content (AvgIpc) is 3.10. The van der Waals surface area contributed by atoms with Crippen molar-refractivity contribution in [3.05, 3.63) is 62.4 Å². The Balaban J connectivity index is 1.85. The number of benzene rings is 1. The molecule has 11 heteroatoms. The monoisotopic (exact) mass is 447 g/mol. The summed E-state index contributed by atoms with van der Waals surface area (Å²) in [4.78, 5) is 37.7. The SMILES string of the molecule is CCCn1c(C(=O)NCCc2ccc(S(N)(=O)=O)cc2)cc2c(=O)n(C)c(=O)n(C)c21. The molecule has 0 unspecified atom stereocenters. The number of rotatable bonds is 7. The summed E-state index contributed by atoms with van der Waals surface area (Å²) >= 11 is 0. The zero-order valence-electron chi connectivity index (χ0n) is 17.6. The third-order valence-electron chi connectivity index (χ3n) is 5.13. The van der Waals surface area contributed by atoms with Crippen LogP contribution in [0.4, 0.5) is 0 Å². The largest absolute Gasteiger partial charge is 0.350 e. The number of carbonyl (C=O) groups excluding carboxylic acids is 1. The van der Waals surface area contributed by atoms with E-state index < -0.39 is 21.3 Å². The minimum absolute atomic E-state index is 0.0246. The Labute approximate surface area is 179 Å². The maximum atomic E-state index is 12.9.